The van der Waals surface area contributed by atoms with E-state index in [-0.39, 0.29) is 29.9 Å². The number of methoxy groups -OCH3 is 1. The summed E-state index contributed by atoms with van der Waals surface area (Å²) in [6, 6.07) is 16.0. The van der Waals surface area contributed by atoms with E-state index in [1.807, 2.05) is 49.4 Å². The van der Waals surface area contributed by atoms with Gasteiger partial charge in [0.2, 0.25) is 0 Å². The fraction of sp³-hybridized carbons (Fsp3) is 0.278. The Bertz CT molecular complexity index is 658. The zero-order chi connectivity index (χ0) is 15.9. The molecule has 23 heavy (non-hydrogen) atoms. The van der Waals surface area contributed by atoms with E-state index in [4.69, 9.17) is 10.5 Å². The van der Waals surface area contributed by atoms with Gasteiger partial charge in [-0.2, -0.15) is 0 Å². The molecule has 2 aromatic carbocycles. The zero-order valence-corrected chi connectivity index (χ0v) is 16.1. The lowest BCUT2D eigenvalue weighted by Gasteiger charge is -2.14. The van der Waals surface area contributed by atoms with Crippen molar-refractivity contribution in [3.8, 4) is 5.75 Å². The summed E-state index contributed by atoms with van der Waals surface area (Å²) in [5, 5.41) is 3.11. The first-order valence-corrected chi connectivity index (χ1v) is 7.36. The molecule has 124 valence electrons. The molecular weight excluding hydrogens is 401 g/mol. The highest BCUT2D eigenvalue weighted by molar-refractivity contribution is 14.0. The fourth-order valence-electron chi connectivity index (χ4n) is 2.32. The normalized spacial score (nSPS) is 12.2. The van der Waals surface area contributed by atoms with Crippen LogP contribution in [0.3, 0.4) is 0 Å². The van der Waals surface area contributed by atoms with Crippen LogP contribution in [0.2, 0.25) is 0 Å². The van der Waals surface area contributed by atoms with Crippen molar-refractivity contribution in [2.45, 2.75) is 19.8 Å². The summed E-state index contributed by atoms with van der Waals surface area (Å²) < 4.78 is 5.39. The van der Waals surface area contributed by atoms with Crippen molar-refractivity contribution in [1.29, 1.82) is 0 Å². The molecule has 2 rings (SSSR count). The van der Waals surface area contributed by atoms with E-state index in [1.54, 1.807) is 7.11 Å². The quantitative estimate of drug-likeness (QED) is 0.430. The molecule has 1 atom stereocenters. The Balaban J connectivity index is 0.00000264. The first kappa shape index (κ1) is 19.3. The number of hydrogen-bond acceptors (Lipinski definition) is 2. The molecule has 5 heteroatoms. The van der Waals surface area contributed by atoms with Gasteiger partial charge in [-0.15, -0.1) is 24.0 Å². The Kier molecular flexibility index (Phi) is 7.88. The summed E-state index contributed by atoms with van der Waals surface area (Å²) in [4.78, 5) is 4.43. The van der Waals surface area contributed by atoms with Crippen LogP contribution >= 0.6 is 24.0 Å². The van der Waals surface area contributed by atoms with Gasteiger partial charge in [0.25, 0.3) is 0 Å². The van der Waals surface area contributed by atoms with Crippen molar-refractivity contribution < 1.29 is 4.74 Å². The van der Waals surface area contributed by atoms with Crippen molar-refractivity contribution in [1.82, 2.24) is 0 Å². The summed E-state index contributed by atoms with van der Waals surface area (Å²) in [6.07, 6.45) is 0. The molecule has 0 heterocycles. The minimum Gasteiger partial charge on any atom is -0.496 e. The predicted octanol–water partition coefficient (Wildman–Crippen LogP) is 4.15. The molecule has 2 aromatic rings. The number of nitrogens with one attached hydrogen (secondary N) is 1. The largest absolute Gasteiger partial charge is 0.496 e. The van der Waals surface area contributed by atoms with Crippen molar-refractivity contribution >= 4 is 35.6 Å². The number of anilines is 1. The third kappa shape index (κ3) is 5.74. The number of ether oxygens (including phenoxy) is 1. The van der Waals surface area contributed by atoms with Gasteiger partial charge in [-0.05, 0) is 36.2 Å². The lowest BCUT2D eigenvalue weighted by Crippen LogP contribution is -2.23. The number of aliphatic imine (C=N–C) groups is 1. The van der Waals surface area contributed by atoms with Crippen LogP contribution in [-0.2, 0) is 0 Å². The smallest absolute Gasteiger partial charge is 0.193 e. The van der Waals surface area contributed by atoms with Crippen molar-refractivity contribution in [2.24, 2.45) is 10.7 Å². The lowest BCUT2D eigenvalue weighted by molar-refractivity contribution is 0.407. The van der Waals surface area contributed by atoms with Crippen molar-refractivity contribution in [3.63, 3.8) is 0 Å². The molecule has 0 saturated heterocycles. The van der Waals surface area contributed by atoms with Crippen LogP contribution in [0.5, 0.6) is 5.75 Å². The zero-order valence-electron chi connectivity index (χ0n) is 13.7. The van der Waals surface area contributed by atoms with Gasteiger partial charge in [-0.1, -0.05) is 37.3 Å². The van der Waals surface area contributed by atoms with Crippen LogP contribution in [0.4, 0.5) is 5.69 Å². The minimum atomic E-state index is 0. The van der Waals surface area contributed by atoms with E-state index in [2.05, 4.69) is 23.3 Å². The second-order valence-electron chi connectivity index (χ2n) is 5.36. The first-order chi connectivity index (χ1) is 10.6. The fourth-order valence-corrected chi connectivity index (χ4v) is 2.32. The molecule has 0 fully saturated rings. The van der Waals surface area contributed by atoms with Crippen LogP contribution in [0.1, 0.15) is 24.0 Å². The molecule has 0 radical (unpaired) electrons. The predicted molar refractivity (Wildman–Crippen MR) is 108 cm³/mol. The minimum absolute atomic E-state index is 0. The van der Waals surface area contributed by atoms with E-state index in [0.717, 1.165) is 17.0 Å². The van der Waals surface area contributed by atoms with Crippen LogP contribution < -0.4 is 15.8 Å². The summed E-state index contributed by atoms with van der Waals surface area (Å²) in [6.45, 7) is 4.76. The highest BCUT2D eigenvalue weighted by Crippen LogP contribution is 2.26. The number of hydrogen-bond donors (Lipinski definition) is 2. The second kappa shape index (κ2) is 9.39. The average molecular weight is 425 g/mol. The number of aryl methyl sites for hydroxylation is 1. The number of halogens is 1. The molecule has 0 aliphatic rings. The van der Waals surface area contributed by atoms with Crippen LogP contribution in [0.25, 0.3) is 0 Å². The Morgan fingerprint density at radius 3 is 2.65 bits per heavy atom. The number of benzene rings is 2. The van der Waals surface area contributed by atoms with Gasteiger partial charge in [-0.25, -0.2) is 0 Å². The molecule has 0 aliphatic carbocycles. The Hall–Kier alpha value is -1.76. The van der Waals surface area contributed by atoms with Gasteiger partial charge in [0.1, 0.15) is 5.75 Å². The topological polar surface area (TPSA) is 59.6 Å². The molecular formula is C18H24IN3O. The molecule has 4 nitrogen and oxygen atoms in total. The van der Waals surface area contributed by atoms with Crippen LogP contribution in [0.15, 0.2) is 53.5 Å². The van der Waals surface area contributed by atoms with Gasteiger partial charge in [-0.3, -0.25) is 4.99 Å². The number of guanidine groups is 1. The second-order valence-corrected chi connectivity index (χ2v) is 5.36. The van der Waals surface area contributed by atoms with Crippen molar-refractivity contribution in [2.75, 3.05) is 19.0 Å². The highest BCUT2D eigenvalue weighted by atomic mass is 127. The lowest BCUT2D eigenvalue weighted by atomic mass is 10.0. The van der Waals surface area contributed by atoms with Crippen LogP contribution in [-0.4, -0.2) is 19.6 Å². The molecule has 0 aliphatic heterocycles. The van der Waals surface area contributed by atoms with E-state index in [1.165, 1.54) is 5.56 Å². The Morgan fingerprint density at radius 2 is 1.96 bits per heavy atom. The monoisotopic (exact) mass is 425 g/mol. The van der Waals surface area contributed by atoms with Gasteiger partial charge in [0.15, 0.2) is 5.96 Å². The molecule has 0 saturated carbocycles. The van der Waals surface area contributed by atoms with Gasteiger partial charge in [0, 0.05) is 18.2 Å². The van der Waals surface area contributed by atoms with E-state index >= 15 is 0 Å². The van der Waals surface area contributed by atoms with Crippen LogP contribution in [0, 0.1) is 6.92 Å². The number of para-hydroxylation sites is 1. The summed E-state index contributed by atoms with van der Waals surface area (Å²) in [5.41, 5.74) is 9.23. The van der Waals surface area contributed by atoms with Crippen molar-refractivity contribution in [3.05, 3.63) is 59.7 Å². The molecule has 0 aromatic heterocycles. The Labute approximate surface area is 155 Å². The van der Waals surface area contributed by atoms with Gasteiger partial charge >= 0.3 is 0 Å². The summed E-state index contributed by atoms with van der Waals surface area (Å²) in [7, 11) is 1.68. The molecule has 3 N–H and O–H groups in total. The maximum Gasteiger partial charge on any atom is 0.193 e. The molecule has 1 unspecified atom stereocenters. The molecule has 0 bridgehead atoms. The van der Waals surface area contributed by atoms with Gasteiger partial charge in [0.05, 0.1) is 7.11 Å². The third-order valence-electron chi connectivity index (χ3n) is 3.50. The SMILES string of the molecule is COc1ccccc1C(C)CN=C(N)Nc1cccc(C)c1.I. The third-order valence-corrected chi connectivity index (χ3v) is 3.50. The number of nitrogens with zero attached hydrogens (tertiary/aromatic N) is 1. The van der Waals surface area contributed by atoms with E-state index in [9.17, 15) is 0 Å². The standard InChI is InChI=1S/C18H23N3O.HI/c1-13-7-6-8-15(11-13)21-18(19)20-12-14(2)16-9-4-5-10-17(16)22-3;/h4-11,14H,12H2,1-3H3,(H3,19,20,21);1H. The number of rotatable bonds is 5. The Morgan fingerprint density at radius 1 is 1.22 bits per heavy atom. The molecule has 0 amide bonds. The van der Waals surface area contributed by atoms with E-state index in [0.29, 0.717) is 12.5 Å². The van der Waals surface area contributed by atoms with Gasteiger partial charge < -0.3 is 15.8 Å². The number of nitrogens with two attached hydrogens (primary N) is 1. The summed E-state index contributed by atoms with van der Waals surface area (Å²) >= 11 is 0. The van der Waals surface area contributed by atoms with E-state index < -0.39 is 0 Å². The average Bonchev–Trinajstić information content (AvgIpc) is 2.52. The molecule has 0 spiro atoms. The first-order valence-electron chi connectivity index (χ1n) is 7.36. The maximum absolute atomic E-state index is 5.96. The summed E-state index contributed by atoms with van der Waals surface area (Å²) in [5.74, 6) is 1.54. The maximum atomic E-state index is 5.96. The highest BCUT2D eigenvalue weighted by Gasteiger charge is 2.10.